The Morgan fingerprint density at radius 3 is 2.41 bits per heavy atom. The molecule has 1 aromatic rings. The number of ether oxygens (including phenoxy) is 2. The predicted molar refractivity (Wildman–Crippen MR) is 147 cm³/mol. The average molecular weight is 536 g/mol. The normalized spacial score (nSPS) is 32.9. The minimum Gasteiger partial charge on any atom is -0.497 e. The zero-order valence-electron chi connectivity index (χ0n) is 22.9. The fourth-order valence-corrected chi connectivity index (χ4v) is 7.77. The van der Waals surface area contributed by atoms with Crippen molar-refractivity contribution in [1.29, 1.82) is 0 Å². The van der Waals surface area contributed by atoms with Crippen molar-refractivity contribution in [3.63, 3.8) is 0 Å². The van der Waals surface area contributed by atoms with Gasteiger partial charge in [-0.3, -0.25) is 14.4 Å². The van der Waals surface area contributed by atoms with Gasteiger partial charge in [-0.1, -0.05) is 69.6 Å². The summed E-state index contributed by atoms with van der Waals surface area (Å²) in [5.74, 6) is -1.27. The van der Waals surface area contributed by atoms with Crippen LogP contribution in [0.5, 0.6) is 5.75 Å². The zero-order valence-corrected chi connectivity index (χ0v) is 22.9. The summed E-state index contributed by atoms with van der Waals surface area (Å²) in [6, 6.07) is 6.56. The summed E-state index contributed by atoms with van der Waals surface area (Å²) >= 11 is 0. The molecule has 8 nitrogen and oxygen atoms in total. The highest BCUT2D eigenvalue weighted by molar-refractivity contribution is 6.03. The minimum atomic E-state index is -1.11. The molecule has 39 heavy (non-hydrogen) atoms. The second-order valence-electron chi connectivity index (χ2n) is 12.0. The van der Waals surface area contributed by atoms with Crippen LogP contribution in [0.25, 0.3) is 0 Å². The highest BCUT2D eigenvalue weighted by Gasteiger charge is 2.73. The number of hydrogen-bond donors (Lipinski definition) is 2. The number of nitrogens with zero attached hydrogens (tertiary/aromatic N) is 1. The second-order valence-corrected chi connectivity index (χ2v) is 12.0. The lowest BCUT2D eigenvalue weighted by atomic mass is 9.74. The highest BCUT2D eigenvalue weighted by atomic mass is 16.5. The minimum absolute atomic E-state index is 0.0157. The fourth-order valence-electron chi connectivity index (χ4n) is 7.77. The SMILES string of the molecule is COc1cccc(NC(=O)[C@H]2[C@H]3C=C[C@@]4(O3)[C@H]2C(=O)N(C2CCCCCCC2)[C@@H]4C(=O)NC2CCCCC2)c1. The maximum absolute atomic E-state index is 14.4. The number of benzene rings is 1. The molecule has 0 radical (unpaired) electrons. The van der Waals surface area contributed by atoms with E-state index in [1.807, 2.05) is 29.2 Å². The molecule has 5 aliphatic rings. The van der Waals surface area contributed by atoms with Gasteiger partial charge in [-0.05, 0) is 37.8 Å². The Bertz CT molecular complexity index is 1120. The Morgan fingerprint density at radius 2 is 1.67 bits per heavy atom. The number of methoxy groups -OCH3 is 1. The lowest BCUT2D eigenvalue weighted by Crippen LogP contribution is -2.58. The second kappa shape index (κ2) is 11.0. The molecular weight excluding hydrogens is 494 g/mol. The van der Waals surface area contributed by atoms with E-state index in [0.717, 1.165) is 64.2 Å². The van der Waals surface area contributed by atoms with Crippen LogP contribution in [0.3, 0.4) is 0 Å². The molecule has 0 unspecified atom stereocenters. The third-order valence-electron chi connectivity index (χ3n) is 9.62. The van der Waals surface area contributed by atoms with Gasteiger partial charge >= 0.3 is 0 Å². The molecule has 0 aromatic heterocycles. The van der Waals surface area contributed by atoms with Gasteiger partial charge in [0.25, 0.3) is 0 Å². The molecule has 210 valence electrons. The van der Waals surface area contributed by atoms with Crippen LogP contribution in [-0.2, 0) is 19.1 Å². The van der Waals surface area contributed by atoms with Crippen molar-refractivity contribution in [3.8, 4) is 5.75 Å². The van der Waals surface area contributed by atoms with E-state index in [4.69, 9.17) is 9.47 Å². The molecule has 2 saturated heterocycles. The van der Waals surface area contributed by atoms with Crippen LogP contribution >= 0.6 is 0 Å². The molecule has 3 aliphatic heterocycles. The highest BCUT2D eigenvalue weighted by Crippen LogP contribution is 2.56. The number of nitrogens with one attached hydrogen (secondary N) is 2. The molecule has 2 aliphatic carbocycles. The van der Waals surface area contributed by atoms with E-state index >= 15 is 0 Å². The molecule has 1 aromatic carbocycles. The summed E-state index contributed by atoms with van der Waals surface area (Å²) in [5.41, 5.74) is -0.506. The van der Waals surface area contributed by atoms with Crippen molar-refractivity contribution in [2.75, 3.05) is 12.4 Å². The molecule has 6 rings (SSSR count). The van der Waals surface area contributed by atoms with E-state index in [2.05, 4.69) is 10.6 Å². The third-order valence-corrected chi connectivity index (χ3v) is 9.62. The van der Waals surface area contributed by atoms with Crippen LogP contribution in [0, 0.1) is 11.8 Å². The van der Waals surface area contributed by atoms with E-state index in [9.17, 15) is 14.4 Å². The number of fused-ring (bicyclic) bond motifs is 1. The van der Waals surface area contributed by atoms with E-state index in [1.165, 1.54) is 12.8 Å². The summed E-state index contributed by atoms with van der Waals surface area (Å²) in [4.78, 5) is 44.1. The van der Waals surface area contributed by atoms with Gasteiger partial charge in [0.15, 0.2) is 0 Å². The topological polar surface area (TPSA) is 97.0 Å². The van der Waals surface area contributed by atoms with Crippen LogP contribution in [0.4, 0.5) is 5.69 Å². The van der Waals surface area contributed by atoms with Crippen molar-refractivity contribution < 1.29 is 23.9 Å². The van der Waals surface area contributed by atoms with E-state index in [1.54, 1.807) is 19.2 Å². The number of carbonyl (C=O) groups excluding carboxylic acids is 3. The maximum Gasteiger partial charge on any atom is 0.246 e. The molecule has 2 saturated carbocycles. The van der Waals surface area contributed by atoms with Crippen molar-refractivity contribution >= 4 is 23.4 Å². The average Bonchev–Trinajstić information content (AvgIpc) is 3.57. The third kappa shape index (κ3) is 4.75. The predicted octanol–water partition coefficient (Wildman–Crippen LogP) is 4.35. The molecular formula is C31H41N3O5. The Balaban J connectivity index is 1.31. The van der Waals surface area contributed by atoms with Crippen molar-refractivity contribution in [3.05, 3.63) is 36.4 Å². The maximum atomic E-state index is 14.4. The monoisotopic (exact) mass is 535 g/mol. The number of rotatable bonds is 6. The first-order valence-electron chi connectivity index (χ1n) is 15.0. The van der Waals surface area contributed by atoms with Gasteiger partial charge < -0.3 is 25.0 Å². The fraction of sp³-hybridized carbons (Fsp3) is 0.645. The Hall–Kier alpha value is -2.87. The molecule has 2 bridgehead atoms. The Labute approximate surface area is 230 Å². The first-order chi connectivity index (χ1) is 19.0. The van der Waals surface area contributed by atoms with Crippen LogP contribution in [0.1, 0.15) is 77.0 Å². The van der Waals surface area contributed by atoms with Gasteiger partial charge in [-0.25, -0.2) is 0 Å². The molecule has 3 amide bonds. The van der Waals surface area contributed by atoms with Crippen molar-refractivity contribution in [1.82, 2.24) is 10.2 Å². The van der Waals surface area contributed by atoms with Gasteiger partial charge in [0, 0.05) is 23.8 Å². The molecule has 4 fully saturated rings. The zero-order chi connectivity index (χ0) is 27.0. The summed E-state index contributed by atoms with van der Waals surface area (Å²) in [7, 11) is 1.58. The summed E-state index contributed by atoms with van der Waals surface area (Å²) in [6.07, 6.45) is 16.0. The van der Waals surface area contributed by atoms with Gasteiger partial charge in [-0.2, -0.15) is 0 Å². The van der Waals surface area contributed by atoms with Crippen LogP contribution in [-0.4, -0.2) is 59.6 Å². The quantitative estimate of drug-likeness (QED) is 0.528. The first-order valence-corrected chi connectivity index (χ1v) is 15.0. The Morgan fingerprint density at radius 1 is 0.974 bits per heavy atom. The van der Waals surface area contributed by atoms with E-state index in [0.29, 0.717) is 11.4 Å². The molecule has 3 heterocycles. The number of anilines is 1. The number of amides is 3. The van der Waals surface area contributed by atoms with E-state index in [-0.39, 0.29) is 29.8 Å². The summed E-state index contributed by atoms with van der Waals surface area (Å²) < 4.78 is 11.9. The Kier molecular flexibility index (Phi) is 7.40. The molecule has 8 heteroatoms. The smallest absolute Gasteiger partial charge is 0.246 e. The standard InChI is InChI=1S/C31H41N3O5/c1-38-23-16-10-13-21(19-23)33-28(35)25-24-17-18-31(39-24)26(25)30(37)34(22-14-8-3-2-4-9-15-22)27(31)29(36)32-20-11-6-5-7-12-20/h10,13,16-20,22,24-27H,2-9,11-12,14-15H2,1H3,(H,32,36)(H,33,35)/t24-,25+,26-,27-,31-/m1/s1. The molecule has 1 spiro atoms. The molecule has 5 atom stereocenters. The first kappa shape index (κ1) is 26.4. The molecule has 2 N–H and O–H groups in total. The number of hydrogen-bond acceptors (Lipinski definition) is 5. The van der Waals surface area contributed by atoms with Gasteiger partial charge in [0.05, 0.1) is 25.0 Å². The van der Waals surface area contributed by atoms with Gasteiger partial charge in [0.1, 0.15) is 17.4 Å². The van der Waals surface area contributed by atoms with E-state index < -0.39 is 29.6 Å². The van der Waals surface area contributed by atoms with Crippen molar-refractivity contribution in [2.45, 2.75) is 107 Å². The van der Waals surface area contributed by atoms with Gasteiger partial charge in [-0.15, -0.1) is 0 Å². The van der Waals surface area contributed by atoms with Gasteiger partial charge in [0.2, 0.25) is 17.7 Å². The van der Waals surface area contributed by atoms with Crippen LogP contribution in [0.15, 0.2) is 36.4 Å². The lowest BCUT2D eigenvalue weighted by molar-refractivity contribution is -0.144. The van der Waals surface area contributed by atoms with Crippen LogP contribution < -0.4 is 15.4 Å². The lowest BCUT2D eigenvalue weighted by Gasteiger charge is -2.38. The number of likely N-dealkylation sites (tertiary alicyclic amines) is 1. The largest absolute Gasteiger partial charge is 0.497 e. The summed E-state index contributed by atoms with van der Waals surface area (Å²) in [6.45, 7) is 0. The number of carbonyl (C=O) groups is 3. The van der Waals surface area contributed by atoms with Crippen molar-refractivity contribution in [2.24, 2.45) is 11.8 Å². The summed E-state index contributed by atoms with van der Waals surface area (Å²) in [5, 5.41) is 6.30. The van der Waals surface area contributed by atoms with Crippen LogP contribution in [0.2, 0.25) is 0 Å².